The standard InChI is InChI=1S/C26H34ClN7O/c1-5-31(3)10-11-33-12-14-34(15-13-33)24-9-6-20(18-28-24)26(35)30-21-7-8-23(27)22(16-21)25-29-17-19(2)32(25)4/h6-9,16-18H,5,10-15H2,1-4H3,(H,30,35). The Morgan fingerprint density at radius 1 is 1.11 bits per heavy atom. The molecule has 0 radical (unpaired) electrons. The molecule has 0 spiro atoms. The lowest BCUT2D eigenvalue weighted by atomic mass is 10.1. The minimum atomic E-state index is -0.210. The third-order valence-corrected chi connectivity index (χ3v) is 7.06. The van der Waals surface area contributed by atoms with Gasteiger partial charge >= 0.3 is 0 Å². The Morgan fingerprint density at radius 3 is 2.51 bits per heavy atom. The van der Waals surface area contributed by atoms with Gasteiger partial charge in [-0.1, -0.05) is 18.5 Å². The summed E-state index contributed by atoms with van der Waals surface area (Å²) >= 11 is 6.42. The van der Waals surface area contributed by atoms with Crippen molar-refractivity contribution in [1.29, 1.82) is 0 Å². The van der Waals surface area contributed by atoms with Crippen LogP contribution in [-0.2, 0) is 7.05 Å². The molecule has 4 rings (SSSR count). The number of nitrogens with zero attached hydrogens (tertiary/aromatic N) is 6. The Labute approximate surface area is 212 Å². The van der Waals surface area contributed by atoms with Crippen LogP contribution in [0.5, 0.6) is 0 Å². The number of benzene rings is 1. The molecular formula is C26H34ClN7O. The number of carbonyl (C=O) groups is 1. The van der Waals surface area contributed by atoms with E-state index >= 15 is 0 Å². The van der Waals surface area contributed by atoms with Crippen LogP contribution in [0.3, 0.4) is 0 Å². The number of carbonyl (C=O) groups excluding carboxylic acids is 1. The first-order chi connectivity index (χ1) is 16.9. The Bertz CT molecular complexity index is 1150. The lowest BCUT2D eigenvalue weighted by Crippen LogP contribution is -2.48. The zero-order chi connectivity index (χ0) is 24.9. The molecule has 0 unspecified atom stereocenters. The molecule has 2 aromatic heterocycles. The van der Waals surface area contributed by atoms with Crippen molar-refractivity contribution in [3.63, 3.8) is 0 Å². The third kappa shape index (κ3) is 6.01. The quantitative estimate of drug-likeness (QED) is 0.513. The van der Waals surface area contributed by atoms with Gasteiger partial charge in [-0.05, 0) is 50.8 Å². The topological polar surface area (TPSA) is 69.5 Å². The molecule has 3 aromatic rings. The van der Waals surface area contributed by atoms with Gasteiger partial charge < -0.3 is 19.7 Å². The zero-order valence-electron chi connectivity index (χ0n) is 21.0. The van der Waals surface area contributed by atoms with E-state index in [1.54, 1.807) is 24.5 Å². The van der Waals surface area contributed by atoms with Crippen LogP contribution in [0, 0.1) is 6.92 Å². The molecule has 0 bridgehead atoms. The number of hydrogen-bond donors (Lipinski definition) is 1. The van der Waals surface area contributed by atoms with E-state index in [1.807, 2.05) is 36.7 Å². The molecule has 0 saturated carbocycles. The molecule has 186 valence electrons. The number of piperazine rings is 1. The molecular weight excluding hydrogens is 462 g/mol. The van der Waals surface area contributed by atoms with Crippen molar-refractivity contribution >= 4 is 29.0 Å². The average Bonchev–Trinajstić information content (AvgIpc) is 3.21. The largest absolute Gasteiger partial charge is 0.354 e. The molecule has 1 fully saturated rings. The molecule has 3 heterocycles. The SMILES string of the molecule is CCN(C)CCN1CCN(c2ccc(C(=O)Nc3ccc(Cl)c(-c4ncc(C)n4C)c3)cn2)CC1. The summed E-state index contributed by atoms with van der Waals surface area (Å²) in [4.78, 5) is 29.0. The maximum absolute atomic E-state index is 12.9. The number of nitrogens with one attached hydrogen (secondary N) is 1. The van der Waals surface area contributed by atoms with E-state index in [1.165, 1.54) is 0 Å². The van der Waals surface area contributed by atoms with E-state index < -0.39 is 0 Å². The second kappa shape index (κ2) is 11.2. The number of pyridine rings is 1. The first kappa shape index (κ1) is 25.2. The number of aromatic nitrogens is 3. The molecule has 1 N–H and O–H groups in total. The van der Waals surface area contributed by atoms with E-state index in [9.17, 15) is 4.79 Å². The molecule has 9 heteroatoms. The molecule has 1 aliphatic rings. The highest BCUT2D eigenvalue weighted by atomic mass is 35.5. The van der Waals surface area contributed by atoms with Gasteiger partial charge in [0.2, 0.25) is 0 Å². The van der Waals surface area contributed by atoms with Gasteiger partial charge in [0.25, 0.3) is 5.91 Å². The van der Waals surface area contributed by atoms with Crippen molar-refractivity contribution in [3.05, 3.63) is 59.0 Å². The Morgan fingerprint density at radius 2 is 1.89 bits per heavy atom. The first-order valence-corrected chi connectivity index (χ1v) is 12.4. The summed E-state index contributed by atoms with van der Waals surface area (Å²) in [6.45, 7) is 11.4. The predicted molar refractivity (Wildman–Crippen MR) is 142 cm³/mol. The van der Waals surface area contributed by atoms with Crippen molar-refractivity contribution in [2.45, 2.75) is 13.8 Å². The van der Waals surface area contributed by atoms with Gasteiger partial charge in [0.1, 0.15) is 11.6 Å². The molecule has 1 amide bonds. The monoisotopic (exact) mass is 495 g/mol. The van der Waals surface area contributed by atoms with Gasteiger partial charge in [-0.15, -0.1) is 0 Å². The van der Waals surface area contributed by atoms with E-state index in [0.29, 0.717) is 16.3 Å². The summed E-state index contributed by atoms with van der Waals surface area (Å²) in [5, 5.41) is 3.54. The van der Waals surface area contributed by atoms with E-state index in [4.69, 9.17) is 11.6 Å². The summed E-state index contributed by atoms with van der Waals surface area (Å²) in [7, 11) is 4.10. The van der Waals surface area contributed by atoms with Crippen LogP contribution in [0.2, 0.25) is 5.02 Å². The Kier molecular flexibility index (Phi) is 8.05. The van der Waals surface area contributed by atoms with Crippen LogP contribution in [0.25, 0.3) is 11.4 Å². The molecule has 35 heavy (non-hydrogen) atoms. The number of aryl methyl sites for hydroxylation is 1. The molecule has 0 aliphatic carbocycles. The number of rotatable bonds is 8. The fraction of sp³-hybridized carbons (Fsp3) is 0.423. The molecule has 0 atom stereocenters. The normalized spacial score (nSPS) is 14.5. The number of anilines is 2. The van der Waals surface area contributed by atoms with Crippen LogP contribution in [-0.4, -0.2) is 83.1 Å². The predicted octanol–water partition coefficient (Wildman–Crippen LogP) is 3.77. The first-order valence-electron chi connectivity index (χ1n) is 12.1. The lowest BCUT2D eigenvalue weighted by Gasteiger charge is -2.36. The number of hydrogen-bond acceptors (Lipinski definition) is 6. The second-order valence-corrected chi connectivity index (χ2v) is 9.47. The highest BCUT2D eigenvalue weighted by molar-refractivity contribution is 6.33. The number of amides is 1. The van der Waals surface area contributed by atoms with E-state index in [0.717, 1.165) is 68.7 Å². The van der Waals surface area contributed by atoms with Crippen LogP contribution < -0.4 is 10.2 Å². The summed E-state index contributed by atoms with van der Waals surface area (Å²) in [5.74, 6) is 1.45. The molecule has 1 aliphatic heterocycles. The van der Waals surface area contributed by atoms with Crippen molar-refractivity contribution in [3.8, 4) is 11.4 Å². The lowest BCUT2D eigenvalue weighted by molar-refractivity contribution is 0.102. The van der Waals surface area contributed by atoms with Crippen molar-refractivity contribution in [2.24, 2.45) is 7.05 Å². The second-order valence-electron chi connectivity index (χ2n) is 9.06. The van der Waals surface area contributed by atoms with Crippen LogP contribution in [0.4, 0.5) is 11.5 Å². The van der Waals surface area contributed by atoms with Crippen molar-refractivity contribution < 1.29 is 4.79 Å². The fourth-order valence-electron chi connectivity index (χ4n) is 4.10. The van der Waals surface area contributed by atoms with Gasteiger partial charge in [-0.3, -0.25) is 9.69 Å². The highest BCUT2D eigenvalue weighted by Gasteiger charge is 2.19. The van der Waals surface area contributed by atoms with Gasteiger partial charge in [0, 0.05) is 75.7 Å². The molecule has 8 nitrogen and oxygen atoms in total. The van der Waals surface area contributed by atoms with Gasteiger partial charge in [0.15, 0.2) is 0 Å². The van der Waals surface area contributed by atoms with E-state index in [-0.39, 0.29) is 5.91 Å². The average molecular weight is 496 g/mol. The Balaban J connectivity index is 1.36. The highest BCUT2D eigenvalue weighted by Crippen LogP contribution is 2.30. The zero-order valence-corrected chi connectivity index (χ0v) is 21.7. The van der Waals surface area contributed by atoms with Gasteiger partial charge in [-0.2, -0.15) is 0 Å². The summed E-state index contributed by atoms with van der Waals surface area (Å²) < 4.78 is 1.97. The summed E-state index contributed by atoms with van der Waals surface area (Å²) in [6, 6.07) is 9.18. The smallest absolute Gasteiger partial charge is 0.257 e. The number of likely N-dealkylation sites (N-methyl/N-ethyl adjacent to an activating group) is 1. The maximum atomic E-state index is 12.9. The third-order valence-electron chi connectivity index (χ3n) is 6.73. The molecule has 1 saturated heterocycles. The van der Waals surface area contributed by atoms with Crippen LogP contribution in [0.1, 0.15) is 23.0 Å². The minimum absolute atomic E-state index is 0.210. The van der Waals surface area contributed by atoms with E-state index in [2.05, 4.69) is 44.0 Å². The number of halogens is 1. The number of imidazole rings is 1. The summed E-state index contributed by atoms with van der Waals surface area (Å²) in [6.07, 6.45) is 3.45. The maximum Gasteiger partial charge on any atom is 0.257 e. The summed E-state index contributed by atoms with van der Waals surface area (Å²) in [5.41, 5.74) is 2.97. The minimum Gasteiger partial charge on any atom is -0.354 e. The van der Waals surface area contributed by atoms with Crippen molar-refractivity contribution in [2.75, 3.05) is 63.1 Å². The van der Waals surface area contributed by atoms with Crippen LogP contribution >= 0.6 is 11.6 Å². The van der Waals surface area contributed by atoms with Crippen molar-refractivity contribution in [1.82, 2.24) is 24.3 Å². The van der Waals surface area contributed by atoms with Gasteiger partial charge in [-0.25, -0.2) is 9.97 Å². The van der Waals surface area contributed by atoms with Crippen LogP contribution in [0.15, 0.2) is 42.7 Å². The Hall–Kier alpha value is -2.94. The van der Waals surface area contributed by atoms with Gasteiger partial charge in [0.05, 0.1) is 10.6 Å². The fourth-order valence-corrected chi connectivity index (χ4v) is 4.30. The molecule has 1 aromatic carbocycles.